The van der Waals surface area contributed by atoms with Crippen LogP contribution in [-0.2, 0) is 20.7 Å². The maximum Gasteiger partial charge on any atom is 0.306 e. The summed E-state index contributed by atoms with van der Waals surface area (Å²) in [5.41, 5.74) is 2.17. The molecule has 0 aliphatic rings. The largest absolute Gasteiger partial charge is 0.497 e. The van der Waals surface area contributed by atoms with Gasteiger partial charge in [0.05, 0.1) is 7.11 Å². The molecule has 1 atom stereocenters. The summed E-state index contributed by atoms with van der Waals surface area (Å²) in [7, 11) is 1.61. The van der Waals surface area contributed by atoms with Crippen LogP contribution in [0.25, 0.3) is 0 Å². The van der Waals surface area contributed by atoms with Crippen molar-refractivity contribution in [3.8, 4) is 5.75 Å². The summed E-state index contributed by atoms with van der Waals surface area (Å²) in [4.78, 5) is 23.6. The van der Waals surface area contributed by atoms with Gasteiger partial charge in [0.1, 0.15) is 5.75 Å². The minimum atomic E-state index is -0.382. The summed E-state index contributed by atoms with van der Waals surface area (Å²) in [6.45, 7) is 2.30. The lowest BCUT2D eigenvalue weighted by Crippen LogP contribution is -2.31. The third-order valence-corrected chi connectivity index (χ3v) is 4.12. The molecule has 0 saturated heterocycles. The van der Waals surface area contributed by atoms with Gasteiger partial charge < -0.3 is 14.8 Å². The van der Waals surface area contributed by atoms with Gasteiger partial charge in [0.15, 0.2) is 6.61 Å². The Kier molecular flexibility index (Phi) is 7.68. The molecular weight excluding hydrogens is 330 g/mol. The number of esters is 1. The van der Waals surface area contributed by atoms with E-state index in [1.54, 1.807) is 7.11 Å². The van der Waals surface area contributed by atoms with Gasteiger partial charge in [-0.3, -0.25) is 9.59 Å². The van der Waals surface area contributed by atoms with E-state index in [1.807, 2.05) is 61.5 Å². The predicted octanol–water partition coefficient (Wildman–Crippen LogP) is 3.09. The standard InChI is InChI=1S/C21H25NO4/c1-16(18-6-4-3-5-7-18)14-22-20(23)15-26-21(24)13-10-17-8-11-19(25-2)12-9-17/h3-9,11-12,16H,10,13-15H2,1-2H3,(H,22,23)/t16-/m0/s1. The molecule has 2 rings (SSSR count). The van der Waals surface area contributed by atoms with E-state index in [9.17, 15) is 9.59 Å². The molecule has 0 spiro atoms. The highest BCUT2D eigenvalue weighted by Gasteiger charge is 2.10. The molecule has 0 bridgehead atoms. The molecular formula is C21H25NO4. The van der Waals surface area contributed by atoms with Crippen molar-refractivity contribution in [1.29, 1.82) is 0 Å². The minimum Gasteiger partial charge on any atom is -0.497 e. The zero-order chi connectivity index (χ0) is 18.8. The number of methoxy groups -OCH3 is 1. The average molecular weight is 355 g/mol. The second-order valence-electron chi connectivity index (χ2n) is 6.12. The van der Waals surface area contributed by atoms with Gasteiger partial charge in [0.2, 0.25) is 0 Å². The van der Waals surface area contributed by atoms with E-state index >= 15 is 0 Å². The van der Waals surface area contributed by atoms with Crippen LogP contribution in [0.15, 0.2) is 54.6 Å². The molecule has 2 aromatic rings. The van der Waals surface area contributed by atoms with Crippen molar-refractivity contribution in [3.05, 3.63) is 65.7 Å². The normalized spacial score (nSPS) is 11.5. The Morgan fingerprint density at radius 2 is 1.73 bits per heavy atom. The smallest absolute Gasteiger partial charge is 0.306 e. The highest BCUT2D eigenvalue weighted by molar-refractivity contribution is 5.80. The Bertz CT molecular complexity index is 698. The first-order valence-corrected chi connectivity index (χ1v) is 8.68. The van der Waals surface area contributed by atoms with Crippen LogP contribution in [-0.4, -0.2) is 32.1 Å². The highest BCUT2D eigenvalue weighted by Crippen LogP contribution is 2.13. The quantitative estimate of drug-likeness (QED) is 0.702. The van der Waals surface area contributed by atoms with Crippen molar-refractivity contribution in [2.45, 2.75) is 25.7 Å². The number of carbonyl (C=O) groups is 2. The minimum absolute atomic E-state index is 0.200. The fraction of sp³-hybridized carbons (Fsp3) is 0.333. The Hall–Kier alpha value is -2.82. The number of amides is 1. The number of benzene rings is 2. The molecule has 0 aromatic heterocycles. The maximum absolute atomic E-state index is 11.8. The number of aryl methyl sites for hydroxylation is 1. The van der Waals surface area contributed by atoms with E-state index in [4.69, 9.17) is 9.47 Å². The van der Waals surface area contributed by atoms with Crippen LogP contribution in [0.4, 0.5) is 0 Å². The molecule has 138 valence electrons. The van der Waals surface area contributed by atoms with Crippen molar-refractivity contribution in [3.63, 3.8) is 0 Å². The van der Waals surface area contributed by atoms with E-state index in [2.05, 4.69) is 5.32 Å². The first-order chi connectivity index (χ1) is 12.6. The van der Waals surface area contributed by atoms with Crippen LogP contribution < -0.4 is 10.1 Å². The lowest BCUT2D eigenvalue weighted by atomic mass is 10.0. The van der Waals surface area contributed by atoms with Gasteiger partial charge in [0, 0.05) is 13.0 Å². The number of hydrogen-bond acceptors (Lipinski definition) is 4. The Morgan fingerprint density at radius 3 is 2.38 bits per heavy atom. The topological polar surface area (TPSA) is 64.6 Å². The molecule has 0 radical (unpaired) electrons. The van der Waals surface area contributed by atoms with Gasteiger partial charge in [-0.15, -0.1) is 0 Å². The van der Waals surface area contributed by atoms with Crippen molar-refractivity contribution in [1.82, 2.24) is 5.32 Å². The SMILES string of the molecule is COc1ccc(CCC(=O)OCC(=O)NC[C@H](C)c2ccccc2)cc1. The molecule has 1 amide bonds. The van der Waals surface area contributed by atoms with Crippen LogP contribution in [0.5, 0.6) is 5.75 Å². The highest BCUT2D eigenvalue weighted by atomic mass is 16.5. The van der Waals surface area contributed by atoms with Crippen LogP contribution in [0.3, 0.4) is 0 Å². The van der Waals surface area contributed by atoms with Gasteiger partial charge in [-0.25, -0.2) is 0 Å². The lowest BCUT2D eigenvalue weighted by Gasteiger charge is -2.13. The zero-order valence-electron chi connectivity index (χ0n) is 15.2. The van der Waals surface area contributed by atoms with Crippen LogP contribution in [0, 0.1) is 0 Å². The third-order valence-electron chi connectivity index (χ3n) is 4.12. The van der Waals surface area contributed by atoms with Crippen LogP contribution in [0.1, 0.15) is 30.4 Å². The summed E-state index contributed by atoms with van der Waals surface area (Å²) < 4.78 is 10.1. The zero-order valence-corrected chi connectivity index (χ0v) is 15.2. The number of carbonyl (C=O) groups excluding carboxylic acids is 2. The van der Waals surface area contributed by atoms with E-state index in [1.165, 1.54) is 0 Å². The Morgan fingerprint density at radius 1 is 1.04 bits per heavy atom. The molecule has 5 heteroatoms. The first-order valence-electron chi connectivity index (χ1n) is 8.68. The van der Waals surface area contributed by atoms with Crippen molar-refractivity contribution in [2.24, 2.45) is 0 Å². The Balaban J connectivity index is 1.64. The van der Waals surface area contributed by atoms with Crippen LogP contribution >= 0.6 is 0 Å². The van der Waals surface area contributed by atoms with Gasteiger partial charge in [-0.05, 0) is 35.6 Å². The van der Waals surface area contributed by atoms with Crippen molar-refractivity contribution >= 4 is 11.9 Å². The molecule has 0 saturated carbocycles. The molecule has 26 heavy (non-hydrogen) atoms. The third kappa shape index (κ3) is 6.59. The second kappa shape index (κ2) is 10.2. The van der Waals surface area contributed by atoms with Crippen molar-refractivity contribution < 1.29 is 19.1 Å². The number of hydrogen-bond donors (Lipinski definition) is 1. The second-order valence-corrected chi connectivity index (χ2v) is 6.12. The number of rotatable bonds is 9. The molecule has 1 N–H and O–H groups in total. The number of nitrogens with one attached hydrogen (secondary N) is 1. The van der Waals surface area contributed by atoms with Crippen LogP contribution in [0.2, 0.25) is 0 Å². The molecule has 0 fully saturated rings. The average Bonchev–Trinajstić information content (AvgIpc) is 2.69. The summed E-state index contributed by atoms with van der Waals surface area (Å²) in [5.74, 6) is 0.307. The summed E-state index contributed by atoms with van der Waals surface area (Å²) in [6.07, 6.45) is 0.801. The molecule has 0 heterocycles. The van der Waals surface area contributed by atoms with Gasteiger partial charge >= 0.3 is 5.97 Å². The van der Waals surface area contributed by atoms with Gasteiger partial charge in [0.25, 0.3) is 5.91 Å². The van der Waals surface area contributed by atoms with Crippen molar-refractivity contribution in [2.75, 3.05) is 20.3 Å². The maximum atomic E-state index is 11.8. The number of ether oxygens (including phenoxy) is 2. The monoisotopic (exact) mass is 355 g/mol. The molecule has 0 aliphatic heterocycles. The fourth-order valence-electron chi connectivity index (χ4n) is 2.47. The van der Waals surface area contributed by atoms with Gasteiger partial charge in [-0.2, -0.15) is 0 Å². The first kappa shape index (κ1) is 19.5. The van der Waals surface area contributed by atoms with E-state index in [-0.39, 0.29) is 30.8 Å². The molecule has 5 nitrogen and oxygen atoms in total. The molecule has 2 aromatic carbocycles. The summed E-state index contributed by atoms with van der Waals surface area (Å²) >= 11 is 0. The van der Waals surface area contributed by atoms with E-state index in [0.717, 1.165) is 16.9 Å². The fourth-order valence-corrected chi connectivity index (χ4v) is 2.47. The summed E-state index contributed by atoms with van der Waals surface area (Å²) in [5, 5.41) is 2.79. The predicted molar refractivity (Wildman–Crippen MR) is 100 cm³/mol. The Labute approximate surface area is 154 Å². The van der Waals surface area contributed by atoms with E-state index < -0.39 is 0 Å². The van der Waals surface area contributed by atoms with E-state index in [0.29, 0.717) is 13.0 Å². The lowest BCUT2D eigenvalue weighted by molar-refractivity contribution is -0.148. The molecule has 0 aliphatic carbocycles. The summed E-state index contributed by atoms with van der Waals surface area (Å²) in [6, 6.07) is 17.5. The molecule has 0 unspecified atom stereocenters. The van der Waals surface area contributed by atoms with Gasteiger partial charge in [-0.1, -0.05) is 49.4 Å².